The standard InChI is InChI=1S/C19H23ClN2O2S/c20-17-5-4-6-19(15-17)25(23,24)21-12-11-16-7-9-18(10-8-16)22-13-2-1-3-14-22/h4-10,15,21H,1-3,11-14H2. The molecule has 134 valence electrons. The van der Waals surface area contributed by atoms with Crippen molar-refractivity contribution in [3.63, 3.8) is 0 Å². The summed E-state index contributed by atoms with van der Waals surface area (Å²) in [5.41, 5.74) is 2.37. The zero-order valence-corrected chi connectivity index (χ0v) is 15.7. The van der Waals surface area contributed by atoms with Gasteiger partial charge in [0.05, 0.1) is 4.90 Å². The van der Waals surface area contributed by atoms with E-state index in [4.69, 9.17) is 11.6 Å². The molecule has 2 aromatic rings. The van der Waals surface area contributed by atoms with Crippen LogP contribution in [0.2, 0.25) is 5.02 Å². The molecule has 3 rings (SSSR count). The van der Waals surface area contributed by atoms with Crippen LogP contribution < -0.4 is 9.62 Å². The molecular formula is C19H23ClN2O2S. The van der Waals surface area contributed by atoms with E-state index in [2.05, 4.69) is 33.9 Å². The van der Waals surface area contributed by atoms with Crippen LogP contribution in [0.25, 0.3) is 0 Å². The van der Waals surface area contributed by atoms with Gasteiger partial charge in [-0.05, 0) is 61.6 Å². The van der Waals surface area contributed by atoms with Gasteiger partial charge in [-0.25, -0.2) is 13.1 Å². The zero-order valence-electron chi connectivity index (χ0n) is 14.1. The Morgan fingerprint density at radius 3 is 2.40 bits per heavy atom. The van der Waals surface area contributed by atoms with E-state index in [1.807, 2.05) is 0 Å². The molecule has 0 aliphatic carbocycles. The van der Waals surface area contributed by atoms with E-state index in [9.17, 15) is 8.42 Å². The molecule has 1 fully saturated rings. The molecule has 0 saturated carbocycles. The van der Waals surface area contributed by atoms with Crippen molar-refractivity contribution in [3.8, 4) is 0 Å². The predicted octanol–water partition coefficient (Wildman–Crippen LogP) is 3.85. The van der Waals surface area contributed by atoms with Crippen molar-refractivity contribution in [3.05, 3.63) is 59.1 Å². The maximum atomic E-state index is 12.3. The lowest BCUT2D eigenvalue weighted by molar-refractivity contribution is 0.577. The minimum Gasteiger partial charge on any atom is -0.372 e. The molecule has 2 aromatic carbocycles. The number of piperidine rings is 1. The molecule has 25 heavy (non-hydrogen) atoms. The van der Waals surface area contributed by atoms with Crippen LogP contribution in [0.4, 0.5) is 5.69 Å². The number of nitrogens with zero attached hydrogens (tertiary/aromatic N) is 1. The number of benzene rings is 2. The number of halogens is 1. The Labute approximate surface area is 154 Å². The Kier molecular flexibility index (Phi) is 5.99. The van der Waals surface area contributed by atoms with Crippen molar-refractivity contribution in [2.45, 2.75) is 30.6 Å². The number of sulfonamides is 1. The molecule has 1 heterocycles. The van der Waals surface area contributed by atoms with Gasteiger partial charge in [-0.3, -0.25) is 0 Å². The Hall–Kier alpha value is -1.56. The Morgan fingerprint density at radius 2 is 1.72 bits per heavy atom. The normalized spacial score (nSPS) is 15.3. The molecule has 4 nitrogen and oxygen atoms in total. The highest BCUT2D eigenvalue weighted by molar-refractivity contribution is 7.89. The highest BCUT2D eigenvalue weighted by Gasteiger charge is 2.14. The van der Waals surface area contributed by atoms with Gasteiger partial charge in [0.2, 0.25) is 10.0 Å². The van der Waals surface area contributed by atoms with Crippen LogP contribution in [0.1, 0.15) is 24.8 Å². The van der Waals surface area contributed by atoms with E-state index >= 15 is 0 Å². The smallest absolute Gasteiger partial charge is 0.240 e. The predicted molar refractivity (Wildman–Crippen MR) is 103 cm³/mol. The second-order valence-electron chi connectivity index (χ2n) is 6.32. The average Bonchev–Trinajstić information content (AvgIpc) is 2.63. The maximum Gasteiger partial charge on any atom is 0.240 e. The van der Waals surface area contributed by atoms with Gasteiger partial charge in [-0.15, -0.1) is 0 Å². The summed E-state index contributed by atoms with van der Waals surface area (Å²) in [5, 5.41) is 0.413. The van der Waals surface area contributed by atoms with Crippen LogP contribution in [0.3, 0.4) is 0 Å². The van der Waals surface area contributed by atoms with Gasteiger partial charge in [0.15, 0.2) is 0 Å². The number of rotatable bonds is 6. The Bertz CT molecular complexity index is 800. The van der Waals surface area contributed by atoms with Crippen LogP contribution in [-0.4, -0.2) is 28.1 Å². The third-order valence-corrected chi connectivity index (χ3v) is 6.16. The van der Waals surface area contributed by atoms with E-state index in [1.54, 1.807) is 18.2 Å². The number of hydrogen-bond acceptors (Lipinski definition) is 3. The van der Waals surface area contributed by atoms with E-state index in [0.717, 1.165) is 18.7 Å². The lowest BCUT2D eigenvalue weighted by atomic mass is 10.1. The first-order valence-electron chi connectivity index (χ1n) is 8.64. The van der Waals surface area contributed by atoms with Crippen molar-refractivity contribution in [1.82, 2.24) is 4.72 Å². The minimum atomic E-state index is -3.52. The SMILES string of the molecule is O=S(=O)(NCCc1ccc(N2CCCCC2)cc1)c1cccc(Cl)c1. The molecular weight excluding hydrogens is 356 g/mol. The van der Waals surface area contributed by atoms with Gasteiger partial charge in [-0.1, -0.05) is 29.8 Å². The van der Waals surface area contributed by atoms with E-state index in [1.165, 1.54) is 31.0 Å². The van der Waals surface area contributed by atoms with E-state index < -0.39 is 10.0 Å². The number of hydrogen-bond donors (Lipinski definition) is 1. The average molecular weight is 379 g/mol. The second kappa shape index (κ2) is 8.21. The zero-order chi connectivity index (χ0) is 17.7. The summed E-state index contributed by atoms with van der Waals surface area (Å²) in [4.78, 5) is 2.61. The first-order valence-corrected chi connectivity index (χ1v) is 10.5. The molecule has 0 aromatic heterocycles. The quantitative estimate of drug-likeness (QED) is 0.830. The van der Waals surface area contributed by atoms with Gasteiger partial charge < -0.3 is 4.90 Å². The molecule has 0 radical (unpaired) electrons. The van der Waals surface area contributed by atoms with Crippen LogP contribution in [0.15, 0.2) is 53.4 Å². The van der Waals surface area contributed by atoms with Gasteiger partial charge in [-0.2, -0.15) is 0 Å². The monoisotopic (exact) mass is 378 g/mol. The maximum absolute atomic E-state index is 12.3. The first-order chi connectivity index (χ1) is 12.0. The molecule has 0 spiro atoms. The summed E-state index contributed by atoms with van der Waals surface area (Å²) in [6.07, 6.45) is 4.49. The van der Waals surface area contributed by atoms with E-state index in [-0.39, 0.29) is 4.90 Å². The Morgan fingerprint density at radius 1 is 1.00 bits per heavy atom. The van der Waals surface area contributed by atoms with Crippen LogP contribution in [-0.2, 0) is 16.4 Å². The number of anilines is 1. The van der Waals surface area contributed by atoms with Gasteiger partial charge in [0, 0.05) is 30.3 Å². The number of nitrogens with one attached hydrogen (secondary N) is 1. The molecule has 1 aliphatic heterocycles. The lowest BCUT2D eigenvalue weighted by Crippen LogP contribution is -2.29. The molecule has 0 bridgehead atoms. The van der Waals surface area contributed by atoms with Crippen LogP contribution in [0, 0.1) is 0 Å². The van der Waals surface area contributed by atoms with Crippen LogP contribution in [0.5, 0.6) is 0 Å². The fourth-order valence-corrected chi connectivity index (χ4v) is 4.41. The van der Waals surface area contributed by atoms with E-state index in [0.29, 0.717) is 18.0 Å². The third-order valence-electron chi connectivity index (χ3n) is 4.47. The second-order valence-corrected chi connectivity index (χ2v) is 8.52. The molecule has 1 N–H and O–H groups in total. The summed E-state index contributed by atoms with van der Waals surface area (Å²) >= 11 is 5.86. The summed E-state index contributed by atoms with van der Waals surface area (Å²) in [5.74, 6) is 0. The van der Waals surface area contributed by atoms with Crippen LogP contribution >= 0.6 is 11.6 Å². The van der Waals surface area contributed by atoms with Gasteiger partial charge >= 0.3 is 0 Å². The highest BCUT2D eigenvalue weighted by atomic mass is 35.5. The fraction of sp³-hybridized carbons (Fsp3) is 0.368. The summed E-state index contributed by atoms with van der Waals surface area (Å²) in [6.45, 7) is 2.61. The summed E-state index contributed by atoms with van der Waals surface area (Å²) in [6, 6.07) is 14.7. The first kappa shape index (κ1) is 18.2. The molecule has 6 heteroatoms. The summed E-state index contributed by atoms with van der Waals surface area (Å²) in [7, 11) is -3.52. The topological polar surface area (TPSA) is 49.4 Å². The van der Waals surface area contributed by atoms with Gasteiger partial charge in [0.25, 0.3) is 0 Å². The van der Waals surface area contributed by atoms with Crippen molar-refractivity contribution < 1.29 is 8.42 Å². The van der Waals surface area contributed by atoms with Crippen molar-refractivity contribution >= 4 is 27.3 Å². The molecule has 0 amide bonds. The fourth-order valence-electron chi connectivity index (χ4n) is 3.07. The molecule has 0 unspecified atom stereocenters. The Balaban J connectivity index is 1.55. The van der Waals surface area contributed by atoms with Gasteiger partial charge in [0.1, 0.15) is 0 Å². The largest absolute Gasteiger partial charge is 0.372 e. The lowest BCUT2D eigenvalue weighted by Gasteiger charge is -2.28. The summed E-state index contributed by atoms with van der Waals surface area (Å²) < 4.78 is 27.1. The van der Waals surface area contributed by atoms with Crippen molar-refractivity contribution in [2.24, 2.45) is 0 Å². The van der Waals surface area contributed by atoms with Crippen molar-refractivity contribution in [1.29, 1.82) is 0 Å². The third kappa shape index (κ3) is 4.97. The molecule has 1 saturated heterocycles. The van der Waals surface area contributed by atoms with Crippen molar-refractivity contribution in [2.75, 3.05) is 24.5 Å². The minimum absolute atomic E-state index is 0.195. The highest BCUT2D eigenvalue weighted by Crippen LogP contribution is 2.20. The molecule has 1 aliphatic rings. The molecule has 0 atom stereocenters.